The van der Waals surface area contributed by atoms with Crippen molar-refractivity contribution in [2.24, 2.45) is 5.92 Å². The molecule has 0 heterocycles. The Bertz CT molecular complexity index is 442. The highest BCUT2D eigenvalue weighted by Crippen LogP contribution is 2.25. The fourth-order valence-electron chi connectivity index (χ4n) is 2.26. The average molecular weight is 253 g/mol. The van der Waals surface area contributed by atoms with E-state index in [1.165, 1.54) is 6.07 Å². The van der Waals surface area contributed by atoms with Gasteiger partial charge < -0.3 is 5.32 Å². The number of nitrogens with zero attached hydrogens (tertiary/aromatic N) is 1. The molecule has 4 heteroatoms. The van der Waals surface area contributed by atoms with E-state index >= 15 is 0 Å². The first-order chi connectivity index (χ1) is 8.20. The Hall–Kier alpha value is -1.11. The van der Waals surface area contributed by atoms with Gasteiger partial charge in [0.1, 0.15) is 5.82 Å². The van der Waals surface area contributed by atoms with Gasteiger partial charge in [0, 0.05) is 12.6 Å². The van der Waals surface area contributed by atoms with Gasteiger partial charge in [0.05, 0.1) is 17.0 Å². The van der Waals surface area contributed by atoms with Crippen molar-refractivity contribution in [3.05, 3.63) is 34.6 Å². The van der Waals surface area contributed by atoms with Gasteiger partial charge in [-0.3, -0.25) is 0 Å². The molecule has 0 saturated heterocycles. The van der Waals surface area contributed by atoms with Crippen LogP contribution in [0.1, 0.15) is 24.8 Å². The second-order valence-corrected chi connectivity index (χ2v) is 4.81. The summed E-state index contributed by atoms with van der Waals surface area (Å²) in [5, 5.41) is 12.4. The second kappa shape index (κ2) is 5.48. The van der Waals surface area contributed by atoms with E-state index in [2.05, 4.69) is 11.4 Å². The summed E-state index contributed by atoms with van der Waals surface area (Å²) in [6, 6.07) is 7.28. The van der Waals surface area contributed by atoms with Crippen LogP contribution in [-0.2, 0) is 6.54 Å². The van der Waals surface area contributed by atoms with Crippen molar-refractivity contribution < 1.29 is 4.39 Å². The largest absolute Gasteiger partial charge is 0.309 e. The minimum absolute atomic E-state index is 0.103. The standard InChI is InChI=1S/C13H14ClFN2/c14-11-6-9(4-5-12(11)15)8-17-13-3-1-2-10(13)7-16/h4-6,10,13,17H,1-3,8H2. The van der Waals surface area contributed by atoms with Crippen molar-refractivity contribution in [1.82, 2.24) is 5.32 Å². The molecule has 1 aliphatic carbocycles. The van der Waals surface area contributed by atoms with Crippen LogP contribution in [0, 0.1) is 23.1 Å². The first-order valence-corrected chi connectivity index (χ1v) is 6.15. The van der Waals surface area contributed by atoms with Gasteiger partial charge in [-0.1, -0.05) is 24.1 Å². The highest BCUT2D eigenvalue weighted by atomic mass is 35.5. The molecule has 0 radical (unpaired) electrons. The quantitative estimate of drug-likeness (QED) is 0.896. The molecule has 90 valence electrons. The molecule has 0 aliphatic heterocycles. The van der Waals surface area contributed by atoms with E-state index in [1.54, 1.807) is 12.1 Å². The monoisotopic (exact) mass is 252 g/mol. The van der Waals surface area contributed by atoms with Gasteiger partial charge in [-0.05, 0) is 30.5 Å². The number of hydrogen-bond acceptors (Lipinski definition) is 2. The van der Waals surface area contributed by atoms with Gasteiger partial charge in [0.15, 0.2) is 0 Å². The maximum absolute atomic E-state index is 13.0. The lowest BCUT2D eigenvalue weighted by molar-refractivity contribution is 0.464. The number of nitriles is 1. The van der Waals surface area contributed by atoms with Crippen LogP contribution < -0.4 is 5.32 Å². The lowest BCUT2D eigenvalue weighted by Crippen LogP contribution is -2.31. The molecule has 2 nitrogen and oxygen atoms in total. The Morgan fingerprint density at radius 3 is 3.00 bits per heavy atom. The Morgan fingerprint density at radius 1 is 1.47 bits per heavy atom. The van der Waals surface area contributed by atoms with Gasteiger partial charge >= 0.3 is 0 Å². The molecule has 1 N–H and O–H groups in total. The lowest BCUT2D eigenvalue weighted by atomic mass is 10.1. The van der Waals surface area contributed by atoms with E-state index in [-0.39, 0.29) is 17.0 Å². The van der Waals surface area contributed by atoms with Gasteiger partial charge in [0.25, 0.3) is 0 Å². The summed E-state index contributed by atoms with van der Waals surface area (Å²) in [4.78, 5) is 0. The first-order valence-electron chi connectivity index (χ1n) is 5.77. The smallest absolute Gasteiger partial charge is 0.141 e. The molecule has 1 saturated carbocycles. The van der Waals surface area contributed by atoms with Crippen LogP contribution in [0.2, 0.25) is 5.02 Å². The van der Waals surface area contributed by atoms with E-state index in [9.17, 15) is 4.39 Å². The SMILES string of the molecule is N#CC1CCCC1NCc1ccc(F)c(Cl)c1. The Labute approximate surface area is 105 Å². The fraction of sp³-hybridized carbons (Fsp3) is 0.462. The number of nitrogens with one attached hydrogen (secondary N) is 1. The van der Waals surface area contributed by atoms with E-state index in [1.807, 2.05) is 0 Å². The average Bonchev–Trinajstić information content (AvgIpc) is 2.78. The van der Waals surface area contributed by atoms with Crippen LogP contribution in [0.15, 0.2) is 18.2 Å². The minimum atomic E-state index is -0.397. The molecule has 0 aromatic heterocycles. The second-order valence-electron chi connectivity index (χ2n) is 4.40. The predicted octanol–water partition coefficient (Wildman–Crippen LogP) is 3.26. The molecule has 17 heavy (non-hydrogen) atoms. The zero-order valence-corrected chi connectivity index (χ0v) is 10.2. The van der Waals surface area contributed by atoms with Crippen LogP contribution in [0.3, 0.4) is 0 Å². The molecule has 1 aromatic carbocycles. The summed E-state index contributed by atoms with van der Waals surface area (Å²) in [6.07, 6.45) is 3.10. The summed E-state index contributed by atoms with van der Waals surface area (Å²) in [6.45, 7) is 0.628. The molecule has 1 fully saturated rings. The summed E-state index contributed by atoms with van der Waals surface area (Å²) < 4.78 is 13.0. The molecular weight excluding hydrogens is 239 g/mol. The van der Waals surface area contributed by atoms with Gasteiger partial charge in [0.2, 0.25) is 0 Å². The van der Waals surface area contributed by atoms with Crippen molar-refractivity contribution in [1.29, 1.82) is 5.26 Å². The summed E-state index contributed by atoms with van der Waals surface area (Å²) in [5.41, 5.74) is 0.944. The summed E-state index contributed by atoms with van der Waals surface area (Å²) >= 11 is 5.71. The fourth-order valence-corrected chi connectivity index (χ4v) is 2.46. The Kier molecular flexibility index (Phi) is 3.98. The van der Waals surface area contributed by atoms with Crippen molar-refractivity contribution in [3.63, 3.8) is 0 Å². The van der Waals surface area contributed by atoms with Gasteiger partial charge in [-0.2, -0.15) is 5.26 Å². The maximum atomic E-state index is 13.0. The third kappa shape index (κ3) is 2.96. The molecule has 2 unspecified atom stereocenters. The molecule has 2 atom stereocenters. The molecule has 0 spiro atoms. The van der Waals surface area contributed by atoms with Gasteiger partial charge in [-0.25, -0.2) is 4.39 Å². The molecule has 2 rings (SSSR count). The third-order valence-corrected chi connectivity index (χ3v) is 3.52. The predicted molar refractivity (Wildman–Crippen MR) is 65.0 cm³/mol. The lowest BCUT2D eigenvalue weighted by Gasteiger charge is -2.15. The Morgan fingerprint density at radius 2 is 2.29 bits per heavy atom. The van der Waals surface area contributed by atoms with Crippen molar-refractivity contribution in [2.75, 3.05) is 0 Å². The molecule has 1 aliphatic rings. The maximum Gasteiger partial charge on any atom is 0.141 e. The summed E-state index contributed by atoms with van der Waals surface area (Å²) in [5.74, 6) is -0.294. The van der Waals surface area contributed by atoms with Crippen LogP contribution in [-0.4, -0.2) is 6.04 Å². The Balaban J connectivity index is 1.93. The molecule has 0 bridgehead atoms. The van der Waals surface area contributed by atoms with Crippen molar-refractivity contribution >= 4 is 11.6 Å². The molecule has 1 aromatic rings. The minimum Gasteiger partial charge on any atom is -0.309 e. The van der Waals surface area contributed by atoms with Crippen molar-refractivity contribution in [2.45, 2.75) is 31.8 Å². The normalized spacial score (nSPS) is 23.6. The van der Waals surface area contributed by atoms with Crippen LogP contribution >= 0.6 is 11.6 Å². The number of hydrogen-bond donors (Lipinski definition) is 1. The van der Waals surface area contributed by atoms with E-state index in [4.69, 9.17) is 16.9 Å². The third-order valence-electron chi connectivity index (χ3n) is 3.23. The number of benzene rings is 1. The zero-order valence-electron chi connectivity index (χ0n) is 9.42. The molecular formula is C13H14ClFN2. The highest BCUT2D eigenvalue weighted by Gasteiger charge is 2.26. The molecule has 0 amide bonds. The number of halogens is 2. The van der Waals surface area contributed by atoms with E-state index in [0.717, 1.165) is 24.8 Å². The van der Waals surface area contributed by atoms with E-state index < -0.39 is 5.82 Å². The summed E-state index contributed by atoms with van der Waals surface area (Å²) in [7, 11) is 0. The van der Waals surface area contributed by atoms with Crippen LogP contribution in [0.4, 0.5) is 4.39 Å². The number of rotatable bonds is 3. The van der Waals surface area contributed by atoms with E-state index in [0.29, 0.717) is 6.54 Å². The van der Waals surface area contributed by atoms with Gasteiger partial charge in [-0.15, -0.1) is 0 Å². The zero-order chi connectivity index (χ0) is 12.3. The first kappa shape index (κ1) is 12.3. The van der Waals surface area contributed by atoms with Crippen LogP contribution in [0.25, 0.3) is 0 Å². The topological polar surface area (TPSA) is 35.8 Å². The van der Waals surface area contributed by atoms with Crippen LogP contribution in [0.5, 0.6) is 0 Å². The highest BCUT2D eigenvalue weighted by molar-refractivity contribution is 6.30. The van der Waals surface area contributed by atoms with Crippen molar-refractivity contribution in [3.8, 4) is 6.07 Å².